The summed E-state index contributed by atoms with van der Waals surface area (Å²) >= 11 is 0. The summed E-state index contributed by atoms with van der Waals surface area (Å²) in [6.07, 6.45) is 4.98. The molecule has 3 heterocycles. The molecule has 0 aliphatic rings. The highest BCUT2D eigenvalue weighted by Gasteiger charge is 2.32. The molecule has 3 amide bonds. The predicted molar refractivity (Wildman–Crippen MR) is 195 cm³/mol. The topological polar surface area (TPSA) is 170 Å². The molecular formula is C39H42N6O6. The number of aromatic nitrogens is 3. The second-order valence-electron chi connectivity index (χ2n) is 13.5. The monoisotopic (exact) mass is 690 g/mol. The molecule has 51 heavy (non-hydrogen) atoms. The van der Waals surface area contributed by atoms with E-state index >= 15 is 0 Å². The number of alkyl carbamates (subject to hydrolysis) is 1. The van der Waals surface area contributed by atoms with Crippen LogP contribution < -0.4 is 16.0 Å². The first kappa shape index (κ1) is 34.8. The molecule has 12 heteroatoms. The zero-order valence-corrected chi connectivity index (χ0v) is 29.0. The Labute approximate surface area is 294 Å². The molecule has 12 nitrogen and oxygen atoms in total. The van der Waals surface area contributed by atoms with Gasteiger partial charge in [0.25, 0.3) is 0 Å². The molecule has 0 spiro atoms. The maximum atomic E-state index is 14.2. The first-order valence-electron chi connectivity index (χ1n) is 16.8. The van der Waals surface area contributed by atoms with Crippen LogP contribution in [0.1, 0.15) is 37.5 Å². The lowest BCUT2D eigenvalue weighted by molar-refractivity contribution is -0.145. The highest BCUT2D eigenvalue weighted by Crippen LogP contribution is 2.23. The zero-order valence-electron chi connectivity index (χ0n) is 29.0. The Kier molecular flexibility index (Phi) is 10.1. The Morgan fingerprint density at radius 3 is 1.37 bits per heavy atom. The first-order chi connectivity index (χ1) is 24.5. The van der Waals surface area contributed by atoms with Crippen molar-refractivity contribution in [3.8, 4) is 0 Å². The van der Waals surface area contributed by atoms with Gasteiger partial charge in [-0.2, -0.15) is 0 Å². The molecule has 0 radical (unpaired) electrons. The van der Waals surface area contributed by atoms with Gasteiger partial charge >= 0.3 is 12.1 Å². The number of H-pyrrole nitrogens is 3. The number of hydrogen-bond donors (Lipinski definition) is 6. The van der Waals surface area contributed by atoms with Gasteiger partial charge in [-0.15, -0.1) is 0 Å². The van der Waals surface area contributed by atoms with Crippen molar-refractivity contribution >= 4 is 56.6 Å². The number of methoxy groups -OCH3 is 1. The van der Waals surface area contributed by atoms with Gasteiger partial charge in [0.2, 0.25) is 11.8 Å². The van der Waals surface area contributed by atoms with E-state index in [1.807, 2.05) is 72.8 Å². The molecule has 264 valence electrons. The van der Waals surface area contributed by atoms with E-state index in [2.05, 4.69) is 30.9 Å². The summed E-state index contributed by atoms with van der Waals surface area (Å²) in [6.45, 7) is 5.20. The molecule has 0 aliphatic heterocycles. The number of para-hydroxylation sites is 3. The number of aromatic amines is 3. The number of ether oxygens (including phenoxy) is 2. The number of fused-ring (bicyclic) bond motifs is 3. The average Bonchev–Trinajstić information content (AvgIpc) is 3.83. The van der Waals surface area contributed by atoms with Crippen molar-refractivity contribution in [3.05, 3.63) is 108 Å². The highest BCUT2D eigenvalue weighted by atomic mass is 16.6. The van der Waals surface area contributed by atoms with Gasteiger partial charge in [-0.3, -0.25) is 9.59 Å². The fourth-order valence-electron chi connectivity index (χ4n) is 6.31. The van der Waals surface area contributed by atoms with Gasteiger partial charge in [0.05, 0.1) is 7.11 Å². The number of rotatable bonds is 12. The first-order valence-corrected chi connectivity index (χ1v) is 16.8. The van der Waals surface area contributed by atoms with Crippen molar-refractivity contribution in [2.75, 3.05) is 7.11 Å². The van der Waals surface area contributed by atoms with Crippen LogP contribution in [0.15, 0.2) is 91.4 Å². The van der Waals surface area contributed by atoms with Crippen molar-refractivity contribution in [2.24, 2.45) is 0 Å². The molecule has 0 unspecified atom stereocenters. The molecule has 6 N–H and O–H groups in total. The summed E-state index contributed by atoms with van der Waals surface area (Å²) < 4.78 is 10.6. The van der Waals surface area contributed by atoms with Crippen LogP contribution in [0.4, 0.5) is 4.79 Å². The smallest absolute Gasteiger partial charge is 0.408 e. The normalized spacial score (nSPS) is 13.4. The van der Waals surface area contributed by atoms with E-state index in [0.717, 1.165) is 49.4 Å². The molecule has 3 atom stereocenters. The van der Waals surface area contributed by atoms with Crippen LogP contribution >= 0.6 is 0 Å². The number of carbonyl (C=O) groups is 4. The van der Waals surface area contributed by atoms with Gasteiger partial charge in [0.1, 0.15) is 23.7 Å². The van der Waals surface area contributed by atoms with E-state index in [1.165, 1.54) is 7.11 Å². The zero-order chi connectivity index (χ0) is 36.1. The Morgan fingerprint density at radius 2 is 0.961 bits per heavy atom. The number of hydrogen-bond acceptors (Lipinski definition) is 6. The number of benzene rings is 3. The highest BCUT2D eigenvalue weighted by molar-refractivity contribution is 5.95. The lowest BCUT2D eigenvalue weighted by Crippen LogP contribution is -2.57. The van der Waals surface area contributed by atoms with Crippen molar-refractivity contribution in [2.45, 2.75) is 63.8 Å². The standard InChI is InChI=1S/C39H42N6O6/c1-39(2,3)51-38(49)45-33(18-24-21-41-30-15-9-6-12-27(24)30)36(47)43-32(17-23-20-40-29-14-8-5-11-26(23)29)35(46)44-34(37(48)50-4)19-25-22-42-31-16-10-7-13-28(25)31/h5-16,20-22,32-34,40-42H,17-19H2,1-4H3,(H,43,47)(H,44,46)(H,45,49)/t32-,33+,34+/m1/s1. The lowest BCUT2D eigenvalue weighted by Gasteiger charge is -2.26. The minimum Gasteiger partial charge on any atom is -0.467 e. The number of esters is 1. The minimum absolute atomic E-state index is 0.0921. The summed E-state index contributed by atoms with van der Waals surface area (Å²) in [5.74, 6) is -1.82. The third kappa shape index (κ3) is 8.23. The lowest BCUT2D eigenvalue weighted by atomic mass is 10.0. The van der Waals surface area contributed by atoms with Gasteiger partial charge in [-0.1, -0.05) is 54.6 Å². The minimum atomic E-state index is -1.14. The van der Waals surface area contributed by atoms with Crippen molar-refractivity contribution < 1.29 is 28.7 Å². The van der Waals surface area contributed by atoms with Crippen molar-refractivity contribution in [3.63, 3.8) is 0 Å². The largest absolute Gasteiger partial charge is 0.467 e. The summed E-state index contributed by atoms with van der Waals surface area (Å²) in [4.78, 5) is 64.2. The quantitative estimate of drug-likeness (QED) is 0.0966. The second kappa shape index (κ2) is 14.8. The van der Waals surface area contributed by atoms with Crippen LogP contribution in [0.5, 0.6) is 0 Å². The molecule has 6 aromatic rings. The maximum Gasteiger partial charge on any atom is 0.408 e. The predicted octanol–water partition coefficient (Wildman–Crippen LogP) is 5.19. The maximum absolute atomic E-state index is 14.2. The van der Waals surface area contributed by atoms with Crippen molar-refractivity contribution in [1.29, 1.82) is 0 Å². The fourth-order valence-corrected chi connectivity index (χ4v) is 6.31. The second-order valence-corrected chi connectivity index (χ2v) is 13.5. The van der Waals surface area contributed by atoms with E-state index in [-0.39, 0.29) is 19.3 Å². The van der Waals surface area contributed by atoms with E-state index in [1.54, 1.807) is 39.4 Å². The Balaban J connectivity index is 1.30. The summed E-state index contributed by atoms with van der Waals surface area (Å²) in [5, 5.41) is 11.2. The Morgan fingerprint density at radius 1 is 0.588 bits per heavy atom. The Hall–Kier alpha value is -6.04. The summed E-state index contributed by atoms with van der Waals surface area (Å²) in [5.41, 5.74) is 4.23. The van der Waals surface area contributed by atoms with Crippen LogP contribution in [0, 0.1) is 0 Å². The van der Waals surface area contributed by atoms with E-state index < -0.39 is 47.6 Å². The van der Waals surface area contributed by atoms with Gasteiger partial charge < -0.3 is 40.4 Å². The van der Waals surface area contributed by atoms with Crippen LogP contribution in [-0.4, -0.2) is 69.7 Å². The molecule has 3 aromatic carbocycles. The molecule has 0 bridgehead atoms. The van der Waals surface area contributed by atoms with Gasteiger partial charge in [0.15, 0.2) is 0 Å². The SMILES string of the molecule is COC(=O)[C@H](Cc1c[nH]c2ccccc12)NC(=O)[C@@H](Cc1c[nH]c2ccccc12)NC(=O)[C@H](Cc1c[nH]c2ccccc12)NC(=O)OC(C)(C)C. The average molecular weight is 691 g/mol. The summed E-state index contributed by atoms with van der Waals surface area (Å²) in [6, 6.07) is 19.6. The molecule has 6 rings (SSSR count). The van der Waals surface area contributed by atoms with Gasteiger partial charge in [0, 0.05) is 70.6 Å². The van der Waals surface area contributed by atoms with Gasteiger partial charge in [-0.05, 0) is 55.7 Å². The molecule has 3 aromatic heterocycles. The fraction of sp³-hybridized carbons (Fsp3) is 0.282. The molecule has 0 saturated carbocycles. The Bertz CT molecular complexity index is 2190. The molecule has 0 aliphatic carbocycles. The van der Waals surface area contributed by atoms with Gasteiger partial charge in [-0.25, -0.2) is 9.59 Å². The molecule has 0 fully saturated rings. The number of amides is 3. The van der Waals surface area contributed by atoms with E-state index in [0.29, 0.717) is 0 Å². The third-order valence-electron chi connectivity index (χ3n) is 8.74. The third-order valence-corrected chi connectivity index (χ3v) is 8.74. The number of carbonyl (C=O) groups excluding carboxylic acids is 4. The van der Waals surface area contributed by atoms with Crippen molar-refractivity contribution in [1.82, 2.24) is 30.9 Å². The van der Waals surface area contributed by atoms with E-state index in [4.69, 9.17) is 9.47 Å². The van der Waals surface area contributed by atoms with E-state index in [9.17, 15) is 19.2 Å². The van der Waals surface area contributed by atoms with Crippen LogP contribution in [-0.2, 0) is 43.1 Å². The number of nitrogens with one attached hydrogen (secondary N) is 6. The molecular weight excluding hydrogens is 648 g/mol. The molecule has 0 saturated heterocycles. The van der Waals surface area contributed by atoms with Crippen LogP contribution in [0.25, 0.3) is 32.7 Å². The van der Waals surface area contributed by atoms with Crippen LogP contribution in [0.2, 0.25) is 0 Å². The summed E-state index contributed by atoms with van der Waals surface area (Å²) in [7, 11) is 1.26. The van der Waals surface area contributed by atoms with Crippen LogP contribution in [0.3, 0.4) is 0 Å².